The summed E-state index contributed by atoms with van der Waals surface area (Å²) in [5.41, 5.74) is 0. The quantitative estimate of drug-likeness (QED) is 0.663. The summed E-state index contributed by atoms with van der Waals surface area (Å²) in [7, 11) is -3.98. The zero-order chi connectivity index (χ0) is 18.5. The molecule has 0 bridgehead atoms. The van der Waals surface area contributed by atoms with Gasteiger partial charge < -0.3 is 23.7 Å². The van der Waals surface area contributed by atoms with Gasteiger partial charge in [0.2, 0.25) is 5.79 Å². The Kier molecular flexibility index (Phi) is 4.79. The molecule has 3 rings (SSSR count). The number of rotatable bonds is 6. The fourth-order valence-electron chi connectivity index (χ4n) is 3.31. The minimum absolute atomic E-state index is 0.0539. The van der Waals surface area contributed by atoms with Gasteiger partial charge in [0.05, 0.1) is 6.61 Å². The van der Waals surface area contributed by atoms with E-state index < -0.39 is 39.9 Å². The predicted molar refractivity (Wildman–Crippen MR) is 85.6 cm³/mol. The highest BCUT2D eigenvalue weighted by atomic mass is 32.2. The Morgan fingerprint density at radius 2 is 1.92 bits per heavy atom. The van der Waals surface area contributed by atoms with Gasteiger partial charge in [-0.15, -0.1) is 6.58 Å². The van der Waals surface area contributed by atoms with Crippen LogP contribution in [0.1, 0.15) is 27.7 Å². The molecule has 3 unspecified atom stereocenters. The molecular weight excluding hydrogens is 354 g/mol. The van der Waals surface area contributed by atoms with Gasteiger partial charge in [0.25, 0.3) is 0 Å². The summed E-state index contributed by atoms with van der Waals surface area (Å²) < 4.78 is 60.6. The normalized spacial score (nSPS) is 39.0. The molecule has 0 aromatic carbocycles. The molecule has 10 heteroatoms. The van der Waals surface area contributed by atoms with Crippen LogP contribution in [-0.4, -0.2) is 63.8 Å². The lowest BCUT2D eigenvalue weighted by molar-refractivity contribution is -0.290. The molecule has 0 aliphatic carbocycles. The van der Waals surface area contributed by atoms with Crippen LogP contribution in [0.3, 0.4) is 0 Å². The van der Waals surface area contributed by atoms with Crippen molar-refractivity contribution in [2.75, 3.05) is 19.8 Å². The predicted octanol–water partition coefficient (Wildman–Crippen LogP) is 0.422. The molecule has 3 saturated heterocycles. The van der Waals surface area contributed by atoms with Crippen LogP contribution in [0.4, 0.5) is 0 Å². The first-order valence-electron chi connectivity index (χ1n) is 8.10. The molecule has 0 saturated carbocycles. The van der Waals surface area contributed by atoms with Crippen molar-refractivity contribution in [2.24, 2.45) is 0 Å². The topological polar surface area (TPSA) is 102 Å². The van der Waals surface area contributed by atoms with Crippen molar-refractivity contribution in [3.05, 3.63) is 12.7 Å². The summed E-state index contributed by atoms with van der Waals surface area (Å²) in [4.78, 5) is 0. The molecule has 3 aliphatic heterocycles. The van der Waals surface area contributed by atoms with Crippen molar-refractivity contribution in [3.8, 4) is 0 Å². The highest BCUT2D eigenvalue weighted by Crippen LogP contribution is 2.47. The molecule has 144 valence electrons. The second-order valence-corrected chi connectivity index (χ2v) is 8.59. The molecule has 3 heterocycles. The van der Waals surface area contributed by atoms with Crippen LogP contribution in [0, 0.1) is 0 Å². The summed E-state index contributed by atoms with van der Waals surface area (Å²) in [6, 6.07) is 0. The van der Waals surface area contributed by atoms with Crippen molar-refractivity contribution in [3.63, 3.8) is 0 Å². The molecule has 3 fully saturated rings. The molecule has 3 aliphatic rings. The van der Waals surface area contributed by atoms with Crippen LogP contribution in [0.2, 0.25) is 0 Å². The lowest BCUT2D eigenvalue weighted by atomic mass is 9.98. The van der Waals surface area contributed by atoms with E-state index in [4.69, 9.17) is 27.9 Å². The fourth-order valence-corrected chi connectivity index (χ4v) is 4.03. The average Bonchev–Trinajstić information content (AvgIpc) is 2.95. The number of hydrogen-bond acceptors (Lipinski definition) is 8. The van der Waals surface area contributed by atoms with Crippen LogP contribution in [0.25, 0.3) is 0 Å². The zero-order valence-corrected chi connectivity index (χ0v) is 15.6. The second kappa shape index (κ2) is 6.24. The lowest BCUT2D eigenvalue weighted by Crippen LogP contribution is -2.60. The number of fused-ring (bicyclic) bond motifs is 3. The Labute approximate surface area is 147 Å². The number of ether oxygens (including phenoxy) is 5. The van der Waals surface area contributed by atoms with E-state index in [9.17, 15) is 8.42 Å². The molecule has 0 amide bonds. The Morgan fingerprint density at radius 3 is 2.60 bits per heavy atom. The van der Waals surface area contributed by atoms with E-state index in [-0.39, 0.29) is 25.9 Å². The highest BCUT2D eigenvalue weighted by molar-refractivity contribution is 7.84. The summed E-state index contributed by atoms with van der Waals surface area (Å²) in [5.74, 6) is -3.18. The summed E-state index contributed by atoms with van der Waals surface area (Å²) in [5, 5.41) is 0. The SMILES string of the molecule is C=CCNS(=O)(=O)OC[C@@]12OCC3OC(C)(C)OC3C1OC(C)(C)O2. The maximum absolute atomic E-state index is 11.9. The second-order valence-electron chi connectivity index (χ2n) is 7.16. The van der Waals surface area contributed by atoms with Gasteiger partial charge >= 0.3 is 10.3 Å². The molecule has 25 heavy (non-hydrogen) atoms. The maximum atomic E-state index is 11.9. The Balaban J connectivity index is 1.79. The molecular formula is C15H25NO8S. The van der Waals surface area contributed by atoms with Gasteiger partial charge in [-0.3, -0.25) is 4.18 Å². The molecule has 0 aromatic heterocycles. The van der Waals surface area contributed by atoms with Gasteiger partial charge in [-0.2, -0.15) is 13.1 Å². The van der Waals surface area contributed by atoms with Gasteiger partial charge in [0, 0.05) is 6.54 Å². The van der Waals surface area contributed by atoms with Crippen LogP contribution in [0.15, 0.2) is 12.7 Å². The van der Waals surface area contributed by atoms with E-state index in [1.165, 1.54) is 6.08 Å². The van der Waals surface area contributed by atoms with Crippen LogP contribution < -0.4 is 4.72 Å². The van der Waals surface area contributed by atoms with E-state index in [1.807, 2.05) is 0 Å². The average molecular weight is 379 g/mol. The van der Waals surface area contributed by atoms with Gasteiger partial charge in [-0.25, -0.2) is 0 Å². The van der Waals surface area contributed by atoms with E-state index in [0.29, 0.717) is 0 Å². The van der Waals surface area contributed by atoms with Gasteiger partial charge in [0.1, 0.15) is 24.9 Å². The number of nitrogens with one attached hydrogen (secondary N) is 1. The Bertz CT molecular complexity index is 633. The minimum Gasteiger partial charge on any atom is -0.343 e. The highest BCUT2D eigenvalue weighted by Gasteiger charge is 2.65. The molecule has 0 radical (unpaired) electrons. The Hall–Kier alpha value is -0.590. The van der Waals surface area contributed by atoms with E-state index in [1.54, 1.807) is 27.7 Å². The minimum atomic E-state index is -3.98. The van der Waals surface area contributed by atoms with Crippen molar-refractivity contribution in [1.82, 2.24) is 4.72 Å². The largest absolute Gasteiger partial charge is 0.343 e. The van der Waals surface area contributed by atoms with Crippen molar-refractivity contribution < 1.29 is 36.3 Å². The van der Waals surface area contributed by atoms with E-state index in [2.05, 4.69) is 11.3 Å². The van der Waals surface area contributed by atoms with Crippen LogP contribution in [-0.2, 0) is 38.2 Å². The number of hydrogen-bond donors (Lipinski definition) is 1. The third-order valence-corrected chi connectivity index (χ3v) is 5.04. The third-order valence-electron chi connectivity index (χ3n) is 4.09. The molecule has 0 spiro atoms. The first-order valence-corrected chi connectivity index (χ1v) is 9.51. The van der Waals surface area contributed by atoms with E-state index >= 15 is 0 Å². The molecule has 1 N–H and O–H groups in total. The van der Waals surface area contributed by atoms with Crippen molar-refractivity contribution in [2.45, 2.75) is 63.4 Å². The van der Waals surface area contributed by atoms with Crippen LogP contribution in [0.5, 0.6) is 0 Å². The zero-order valence-electron chi connectivity index (χ0n) is 14.8. The Morgan fingerprint density at radius 1 is 1.20 bits per heavy atom. The van der Waals surface area contributed by atoms with Crippen molar-refractivity contribution in [1.29, 1.82) is 0 Å². The third kappa shape index (κ3) is 3.91. The first-order chi connectivity index (χ1) is 11.5. The smallest absolute Gasteiger partial charge is 0.336 e. The van der Waals surface area contributed by atoms with Crippen molar-refractivity contribution >= 4 is 10.3 Å². The molecule has 0 aromatic rings. The standard InChI is InChI=1S/C15H25NO8S/c1-6-7-16-25(17,18)20-9-15-12(23-14(4,5)24-15)11-10(8-19-15)21-13(2,3)22-11/h6,10-12,16H,1,7-9H2,2-5H3/t10?,11?,12?,15-/m0/s1. The first kappa shape index (κ1) is 19.2. The van der Waals surface area contributed by atoms with Gasteiger partial charge in [-0.1, -0.05) is 6.08 Å². The monoisotopic (exact) mass is 379 g/mol. The summed E-state index contributed by atoms with van der Waals surface area (Å²) in [6.07, 6.45) is -0.0787. The van der Waals surface area contributed by atoms with Crippen LogP contribution >= 0.6 is 0 Å². The molecule has 9 nitrogen and oxygen atoms in total. The fraction of sp³-hybridized carbons (Fsp3) is 0.867. The van der Waals surface area contributed by atoms with E-state index in [0.717, 1.165) is 0 Å². The molecule has 4 atom stereocenters. The van der Waals surface area contributed by atoms with Gasteiger partial charge in [-0.05, 0) is 27.7 Å². The van der Waals surface area contributed by atoms with Gasteiger partial charge in [0.15, 0.2) is 11.6 Å². The lowest BCUT2D eigenvalue weighted by Gasteiger charge is -2.40. The summed E-state index contributed by atoms with van der Waals surface area (Å²) >= 11 is 0. The maximum Gasteiger partial charge on any atom is 0.336 e. The summed E-state index contributed by atoms with van der Waals surface area (Å²) in [6.45, 7) is 10.3.